The van der Waals surface area contributed by atoms with Gasteiger partial charge in [0.15, 0.2) is 0 Å². The Balaban J connectivity index is 1.53. The molecule has 1 aromatic carbocycles. The van der Waals surface area contributed by atoms with Crippen LogP contribution in [0.25, 0.3) is 11.3 Å². The SMILES string of the molecule is CSc1ccc(-c2ccc(C(=O)N[C@@H]3C4CCN(CC4)[C@@H]3C)n2C)cc1. The standard InChI is InChI=1S/C21H27N3OS/c1-14-20(16-10-12-24(14)13-11-16)22-21(25)19-9-8-18(23(19)2)15-4-6-17(26-3)7-5-15/h4-9,14,16,20H,10-13H2,1-3H3,(H,22,25)/t14-,20+/m1/s1. The lowest BCUT2D eigenvalue weighted by atomic mass is 9.79. The summed E-state index contributed by atoms with van der Waals surface area (Å²) in [6, 6.07) is 13.2. The van der Waals surface area contributed by atoms with Gasteiger partial charge in [-0.05, 0) is 74.9 Å². The first-order valence-electron chi connectivity index (χ1n) is 9.43. The number of hydrogen-bond acceptors (Lipinski definition) is 3. The Morgan fingerprint density at radius 1 is 1.12 bits per heavy atom. The first-order chi connectivity index (χ1) is 12.6. The van der Waals surface area contributed by atoms with Crippen molar-refractivity contribution in [3.8, 4) is 11.3 Å². The van der Waals surface area contributed by atoms with Crippen LogP contribution < -0.4 is 5.32 Å². The van der Waals surface area contributed by atoms with E-state index in [1.165, 1.54) is 30.8 Å². The van der Waals surface area contributed by atoms with E-state index in [1.807, 2.05) is 23.7 Å². The van der Waals surface area contributed by atoms with Crippen molar-refractivity contribution in [1.82, 2.24) is 14.8 Å². The first-order valence-corrected chi connectivity index (χ1v) is 10.7. The molecule has 0 saturated carbocycles. The van der Waals surface area contributed by atoms with E-state index in [0.717, 1.165) is 17.0 Å². The van der Waals surface area contributed by atoms with Crippen molar-refractivity contribution in [2.75, 3.05) is 19.3 Å². The summed E-state index contributed by atoms with van der Waals surface area (Å²) in [6.07, 6.45) is 4.49. The largest absolute Gasteiger partial charge is 0.346 e. The maximum atomic E-state index is 12.9. The summed E-state index contributed by atoms with van der Waals surface area (Å²) in [5.41, 5.74) is 2.95. The number of fused-ring (bicyclic) bond motifs is 3. The monoisotopic (exact) mass is 369 g/mol. The minimum atomic E-state index is 0.0464. The van der Waals surface area contributed by atoms with Crippen LogP contribution in [0.15, 0.2) is 41.3 Å². The highest BCUT2D eigenvalue weighted by molar-refractivity contribution is 7.98. The van der Waals surface area contributed by atoms with Gasteiger partial charge in [-0.25, -0.2) is 0 Å². The third-order valence-electron chi connectivity index (χ3n) is 6.22. The Morgan fingerprint density at radius 3 is 2.42 bits per heavy atom. The molecular weight excluding hydrogens is 342 g/mol. The van der Waals surface area contributed by atoms with E-state index in [2.05, 4.69) is 47.7 Å². The summed E-state index contributed by atoms with van der Waals surface area (Å²) >= 11 is 1.74. The van der Waals surface area contributed by atoms with Crippen LogP contribution in [0, 0.1) is 5.92 Å². The van der Waals surface area contributed by atoms with Gasteiger partial charge in [0.2, 0.25) is 0 Å². The van der Waals surface area contributed by atoms with Gasteiger partial charge in [-0.15, -0.1) is 11.8 Å². The molecule has 5 heteroatoms. The molecule has 4 heterocycles. The molecule has 3 aliphatic rings. The average Bonchev–Trinajstić information content (AvgIpc) is 3.06. The van der Waals surface area contributed by atoms with Crippen LogP contribution in [0.5, 0.6) is 0 Å². The quantitative estimate of drug-likeness (QED) is 0.837. The van der Waals surface area contributed by atoms with Crippen molar-refractivity contribution in [3.63, 3.8) is 0 Å². The highest BCUT2D eigenvalue weighted by atomic mass is 32.2. The maximum absolute atomic E-state index is 12.9. The number of thioether (sulfide) groups is 1. The Hall–Kier alpha value is -1.72. The number of nitrogens with zero attached hydrogens (tertiary/aromatic N) is 2. The molecule has 2 bridgehead atoms. The minimum Gasteiger partial charge on any atom is -0.346 e. The van der Waals surface area contributed by atoms with E-state index in [9.17, 15) is 4.79 Å². The lowest BCUT2D eigenvalue weighted by Crippen LogP contribution is -2.62. The predicted octanol–water partition coefficient (Wildman–Crippen LogP) is 3.63. The number of carbonyl (C=O) groups excluding carboxylic acids is 1. The summed E-state index contributed by atoms with van der Waals surface area (Å²) in [5, 5.41) is 3.34. The molecule has 1 aromatic heterocycles. The maximum Gasteiger partial charge on any atom is 0.268 e. The molecular formula is C21H27N3OS. The van der Waals surface area contributed by atoms with Crippen LogP contribution in [0.2, 0.25) is 0 Å². The second kappa shape index (κ2) is 7.12. The van der Waals surface area contributed by atoms with Crippen molar-refractivity contribution < 1.29 is 4.79 Å². The number of nitrogens with one attached hydrogen (secondary N) is 1. The van der Waals surface area contributed by atoms with Crippen LogP contribution in [-0.4, -0.2) is 46.8 Å². The van der Waals surface area contributed by atoms with Gasteiger partial charge in [0.05, 0.1) is 0 Å². The first kappa shape index (κ1) is 17.7. The fourth-order valence-electron chi connectivity index (χ4n) is 4.56. The average molecular weight is 370 g/mol. The molecule has 5 rings (SSSR count). The van der Waals surface area contributed by atoms with E-state index in [0.29, 0.717) is 12.0 Å². The molecule has 3 aliphatic heterocycles. The van der Waals surface area contributed by atoms with Gasteiger partial charge in [-0.1, -0.05) is 12.1 Å². The van der Waals surface area contributed by atoms with E-state index >= 15 is 0 Å². The molecule has 2 atom stereocenters. The zero-order chi connectivity index (χ0) is 18.3. The number of piperidine rings is 3. The van der Waals surface area contributed by atoms with Gasteiger partial charge in [-0.2, -0.15) is 0 Å². The molecule has 3 saturated heterocycles. The third-order valence-corrected chi connectivity index (χ3v) is 6.96. The molecule has 0 aliphatic carbocycles. The molecule has 3 fully saturated rings. The van der Waals surface area contributed by atoms with E-state index in [4.69, 9.17) is 0 Å². The number of benzene rings is 1. The third kappa shape index (κ3) is 3.08. The number of aromatic nitrogens is 1. The Morgan fingerprint density at radius 2 is 1.81 bits per heavy atom. The Bertz CT molecular complexity index is 788. The molecule has 4 nitrogen and oxygen atoms in total. The smallest absolute Gasteiger partial charge is 0.268 e. The van der Waals surface area contributed by atoms with Crippen molar-refractivity contribution in [1.29, 1.82) is 0 Å². The molecule has 2 aromatic rings. The highest BCUT2D eigenvalue weighted by Gasteiger charge is 2.40. The summed E-state index contributed by atoms with van der Waals surface area (Å²) in [5.74, 6) is 0.669. The van der Waals surface area contributed by atoms with Gasteiger partial charge in [0, 0.05) is 29.7 Å². The number of carbonyl (C=O) groups is 1. The van der Waals surface area contributed by atoms with Crippen molar-refractivity contribution >= 4 is 17.7 Å². The van der Waals surface area contributed by atoms with Crippen molar-refractivity contribution in [3.05, 3.63) is 42.1 Å². The lowest BCUT2D eigenvalue weighted by molar-refractivity contribution is 0.0215. The molecule has 0 radical (unpaired) electrons. The molecule has 1 N–H and O–H groups in total. The van der Waals surface area contributed by atoms with Gasteiger partial charge in [0.25, 0.3) is 5.91 Å². The Labute approximate surface area is 160 Å². The van der Waals surface area contributed by atoms with Gasteiger partial charge in [0.1, 0.15) is 5.69 Å². The normalized spacial score (nSPS) is 27.5. The highest BCUT2D eigenvalue weighted by Crippen LogP contribution is 2.32. The molecule has 138 valence electrons. The lowest BCUT2D eigenvalue weighted by Gasteiger charge is -2.49. The molecule has 26 heavy (non-hydrogen) atoms. The summed E-state index contributed by atoms with van der Waals surface area (Å²) in [7, 11) is 1.98. The van der Waals surface area contributed by atoms with Gasteiger partial charge >= 0.3 is 0 Å². The zero-order valence-electron chi connectivity index (χ0n) is 15.7. The van der Waals surface area contributed by atoms with Crippen LogP contribution in [-0.2, 0) is 7.05 Å². The fraction of sp³-hybridized carbons (Fsp3) is 0.476. The van der Waals surface area contributed by atoms with Gasteiger partial charge in [-0.3, -0.25) is 9.69 Å². The van der Waals surface area contributed by atoms with Crippen molar-refractivity contribution in [2.45, 2.75) is 36.7 Å². The van der Waals surface area contributed by atoms with E-state index in [-0.39, 0.29) is 11.9 Å². The molecule has 0 spiro atoms. The van der Waals surface area contributed by atoms with E-state index in [1.54, 1.807) is 11.8 Å². The van der Waals surface area contributed by atoms with Gasteiger partial charge < -0.3 is 9.88 Å². The zero-order valence-corrected chi connectivity index (χ0v) is 16.6. The van der Waals surface area contributed by atoms with Crippen LogP contribution in [0.3, 0.4) is 0 Å². The summed E-state index contributed by atoms with van der Waals surface area (Å²) < 4.78 is 2.01. The van der Waals surface area contributed by atoms with Crippen LogP contribution in [0.4, 0.5) is 0 Å². The topological polar surface area (TPSA) is 37.3 Å². The second-order valence-electron chi connectivity index (χ2n) is 7.50. The summed E-state index contributed by atoms with van der Waals surface area (Å²) in [4.78, 5) is 16.7. The number of rotatable bonds is 4. The Kier molecular flexibility index (Phi) is 4.84. The van der Waals surface area contributed by atoms with Crippen molar-refractivity contribution in [2.24, 2.45) is 13.0 Å². The van der Waals surface area contributed by atoms with Crippen LogP contribution >= 0.6 is 11.8 Å². The second-order valence-corrected chi connectivity index (χ2v) is 8.38. The van der Waals surface area contributed by atoms with E-state index < -0.39 is 0 Å². The number of amides is 1. The minimum absolute atomic E-state index is 0.0464. The van der Waals surface area contributed by atoms with Crippen LogP contribution in [0.1, 0.15) is 30.3 Å². The number of hydrogen-bond donors (Lipinski definition) is 1. The molecule has 0 unspecified atom stereocenters. The summed E-state index contributed by atoms with van der Waals surface area (Å²) in [6.45, 7) is 4.61. The molecule has 1 amide bonds. The predicted molar refractivity (Wildman–Crippen MR) is 108 cm³/mol. The fourth-order valence-corrected chi connectivity index (χ4v) is 4.97.